The molecule has 2 aromatic rings. The molecule has 2 heterocycles. The molecular weight excluding hydrogens is 494 g/mol. The third kappa shape index (κ3) is 4.99. The predicted octanol–water partition coefficient (Wildman–Crippen LogP) is 5.44. The van der Waals surface area contributed by atoms with Gasteiger partial charge in [-0.1, -0.05) is 63.3 Å². The summed E-state index contributed by atoms with van der Waals surface area (Å²) < 4.78 is 0. The van der Waals surface area contributed by atoms with Crippen molar-refractivity contribution < 1.29 is 24.6 Å². The van der Waals surface area contributed by atoms with Crippen LogP contribution in [-0.4, -0.2) is 46.7 Å². The first-order chi connectivity index (χ1) is 18.9. The minimum atomic E-state index is -1.45. The number of aliphatic carboxylic acids is 1. The average molecular weight is 528 g/mol. The fraction of sp³-hybridized carbons (Fsp3) is 0.355. The van der Waals surface area contributed by atoms with Gasteiger partial charge in [0, 0.05) is 18.8 Å². The Hall–Kier alpha value is -4.20. The number of hydrogen-bond acceptors (Lipinski definition) is 6. The van der Waals surface area contributed by atoms with E-state index in [9.17, 15) is 24.6 Å². The van der Waals surface area contributed by atoms with Gasteiger partial charge in [-0.15, -0.1) is 0 Å². The maximum Gasteiger partial charge on any atom is 0.357 e. The Morgan fingerprint density at radius 1 is 0.949 bits per heavy atom. The topological polar surface area (TPSA) is 111 Å². The van der Waals surface area contributed by atoms with Crippen molar-refractivity contribution in [3.8, 4) is 0 Å². The van der Waals surface area contributed by atoms with Gasteiger partial charge < -0.3 is 15.1 Å². The van der Waals surface area contributed by atoms with E-state index in [4.69, 9.17) is 0 Å². The van der Waals surface area contributed by atoms with Crippen LogP contribution in [0.1, 0.15) is 63.0 Å². The van der Waals surface area contributed by atoms with Gasteiger partial charge in [0.1, 0.15) is 5.76 Å². The minimum absolute atomic E-state index is 0.101. The lowest BCUT2D eigenvalue weighted by molar-refractivity contribution is -0.129. The molecule has 0 radical (unpaired) electrons. The van der Waals surface area contributed by atoms with Gasteiger partial charge in [0.2, 0.25) is 5.78 Å². The van der Waals surface area contributed by atoms with Gasteiger partial charge in [0.15, 0.2) is 5.71 Å². The number of ketones is 1. The molecule has 5 rings (SSSR count). The van der Waals surface area contributed by atoms with E-state index in [-0.39, 0.29) is 22.5 Å². The molecule has 2 aliphatic heterocycles. The number of amides is 1. The number of rotatable bonds is 10. The molecule has 3 aliphatic rings. The molecule has 39 heavy (non-hydrogen) atoms. The summed E-state index contributed by atoms with van der Waals surface area (Å²) in [6.07, 6.45) is 9.35. The van der Waals surface area contributed by atoms with Crippen LogP contribution in [0, 0.1) is 0 Å². The van der Waals surface area contributed by atoms with Gasteiger partial charge in [0.05, 0.1) is 22.4 Å². The number of nitrogens with zero attached hydrogens (tertiary/aromatic N) is 3. The molecule has 0 spiro atoms. The zero-order valence-corrected chi connectivity index (χ0v) is 22.2. The number of aliphatic hydroxyl groups excluding tert-OH is 1. The molecule has 8 nitrogen and oxygen atoms in total. The van der Waals surface area contributed by atoms with Crippen molar-refractivity contribution in [2.45, 2.75) is 58.3 Å². The second kappa shape index (κ2) is 11.3. The largest absolute Gasteiger partial charge is 0.506 e. The monoisotopic (exact) mass is 527 g/mol. The van der Waals surface area contributed by atoms with Crippen molar-refractivity contribution in [1.82, 2.24) is 0 Å². The number of para-hydroxylation sites is 1. The highest BCUT2D eigenvalue weighted by molar-refractivity contribution is 6.56. The lowest BCUT2D eigenvalue weighted by Crippen LogP contribution is -2.31. The van der Waals surface area contributed by atoms with Crippen molar-refractivity contribution in [3.63, 3.8) is 0 Å². The predicted molar refractivity (Wildman–Crippen MR) is 151 cm³/mol. The second-order valence-corrected chi connectivity index (χ2v) is 10.2. The fourth-order valence-electron chi connectivity index (χ4n) is 5.57. The summed E-state index contributed by atoms with van der Waals surface area (Å²) in [6, 6.07) is 14.1. The summed E-state index contributed by atoms with van der Waals surface area (Å²) in [5, 5.41) is 25.6. The van der Waals surface area contributed by atoms with E-state index in [1.807, 2.05) is 18.2 Å². The number of carbonyl (C=O) groups excluding carboxylic acids is 2. The van der Waals surface area contributed by atoms with Crippen LogP contribution in [0.4, 0.5) is 11.4 Å². The number of Topliss-reactive ketones (excluding diaryl/α,β-unsaturated/α-hetero) is 1. The third-order valence-electron chi connectivity index (χ3n) is 7.59. The Morgan fingerprint density at radius 2 is 1.69 bits per heavy atom. The molecule has 0 unspecified atom stereocenters. The molecule has 2 aromatic carbocycles. The summed E-state index contributed by atoms with van der Waals surface area (Å²) in [5.41, 5.74) is 2.08. The van der Waals surface area contributed by atoms with Crippen LogP contribution in [0.15, 0.2) is 70.5 Å². The Morgan fingerprint density at radius 3 is 2.41 bits per heavy atom. The first-order valence-corrected chi connectivity index (χ1v) is 13.7. The van der Waals surface area contributed by atoms with Gasteiger partial charge in [-0.2, -0.15) is 10.1 Å². The number of aliphatic hydroxyl groups is 1. The van der Waals surface area contributed by atoms with Crippen LogP contribution >= 0.6 is 0 Å². The van der Waals surface area contributed by atoms with Crippen LogP contribution in [0.25, 0.3) is 5.57 Å². The summed E-state index contributed by atoms with van der Waals surface area (Å²) in [6.45, 7) is 4.22. The highest BCUT2D eigenvalue weighted by atomic mass is 16.4. The molecule has 0 saturated heterocycles. The zero-order chi connectivity index (χ0) is 27.5. The number of aryl methyl sites for hydroxylation is 1. The molecule has 0 saturated carbocycles. The van der Waals surface area contributed by atoms with Crippen LogP contribution in [-0.2, 0) is 20.8 Å². The summed E-state index contributed by atoms with van der Waals surface area (Å²) >= 11 is 0. The molecule has 0 fully saturated rings. The maximum absolute atomic E-state index is 13.3. The minimum Gasteiger partial charge on any atom is -0.506 e. The second-order valence-electron chi connectivity index (χ2n) is 10.2. The number of fused-ring (bicyclic) bond motifs is 1. The highest BCUT2D eigenvalue weighted by Gasteiger charge is 2.46. The van der Waals surface area contributed by atoms with Gasteiger partial charge >= 0.3 is 5.97 Å². The Kier molecular flexibility index (Phi) is 7.63. The maximum atomic E-state index is 13.3. The molecule has 1 aliphatic carbocycles. The van der Waals surface area contributed by atoms with E-state index in [0.717, 1.165) is 48.6 Å². The first kappa shape index (κ1) is 26.4. The number of allylic oxidation sites excluding steroid dienone is 2. The van der Waals surface area contributed by atoms with Crippen molar-refractivity contribution in [2.75, 3.05) is 23.0 Å². The number of benzene rings is 2. The quantitative estimate of drug-likeness (QED) is 0.315. The zero-order valence-electron chi connectivity index (χ0n) is 22.2. The van der Waals surface area contributed by atoms with Gasteiger partial charge in [-0.05, 0) is 54.7 Å². The SMILES string of the molecule is CCCCCCCCN1CCCc2cc(C3=C(O)/C(=C4\C(=O)N(c5ccccc5)N=C4C(=O)O)C3=O)ccc21. The number of carboxylic acids is 1. The molecule has 0 atom stereocenters. The average Bonchev–Trinajstić information content (AvgIpc) is 3.27. The Labute approximate surface area is 227 Å². The standard InChI is InChI=1S/C31H33N3O5/c1-2-3-4-5-6-10-17-33-18-11-12-20-19-21(15-16-23(20)33)24-28(35)26(29(24)36)25-27(31(38)39)32-34(30(25)37)22-13-8-7-9-14-22/h7-9,13-16,19,35H,2-6,10-12,17-18H2,1H3,(H,38,39)/b26-25+. The number of carboxylic acid groups (broad SMARTS) is 1. The van der Waals surface area contributed by atoms with Gasteiger partial charge in [0.25, 0.3) is 5.91 Å². The molecule has 1 amide bonds. The molecule has 0 aromatic heterocycles. The van der Waals surface area contributed by atoms with Crippen LogP contribution in [0.2, 0.25) is 0 Å². The smallest absolute Gasteiger partial charge is 0.357 e. The number of hydrogen-bond donors (Lipinski definition) is 2. The van der Waals surface area contributed by atoms with Crippen molar-refractivity contribution >= 4 is 40.3 Å². The van der Waals surface area contributed by atoms with E-state index >= 15 is 0 Å². The lowest BCUT2D eigenvalue weighted by Gasteiger charge is -2.32. The Bertz CT molecular complexity index is 1410. The summed E-state index contributed by atoms with van der Waals surface area (Å²) in [5.74, 6) is -3.13. The van der Waals surface area contributed by atoms with Crippen LogP contribution in [0.5, 0.6) is 0 Å². The van der Waals surface area contributed by atoms with Crippen LogP contribution in [0.3, 0.4) is 0 Å². The van der Waals surface area contributed by atoms with Crippen molar-refractivity contribution in [3.05, 3.63) is 76.6 Å². The Balaban J connectivity index is 1.39. The van der Waals surface area contributed by atoms with Crippen molar-refractivity contribution in [2.24, 2.45) is 5.10 Å². The number of anilines is 2. The van der Waals surface area contributed by atoms with Crippen LogP contribution < -0.4 is 9.91 Å². The van der Waals surface area contributed by atoms with E-state index in [1.165, 1.54) is 32.1 Å². The highest BCUT2D eigenvalue weighted by Crippen LogP contribution is 2.42. The summed E-state index contributed by atoms with van der Waals surface area (Å²) in [4.78, 5) is 40.8. The third-order valence-corrected chi connectivity index (χ3v) is 7.59. The fourth-order valence-corrected chi connectivity index (χ4v) is 5.57. The number of hydrazone groups is 1. The molecular formula is C31H33N3O5. The van der Waals surface area contributed by atoms with Crippen molar-refractivity contribution in [1.29, 1.82) is 0 Å². The van der Waals surface area contributed by atoms with E-state index in [2.05, 4.69) is 16.9 Å². The van der Waals surface area contributed by atoms with Gasteiger partial charge in [-0.25, -0.2) is 4.79 Å². The summed E-state index contributed by atoms with van der Waals surface area (Å²) in [7, 11) is 0. The lowest BCUT2D eigenvalue weighted by atomic mass is 9.79. The normalized spacial score (nSPS) is 18.8. The van der Waals surface area contributed by atoms with E-state index in [1.54, 1.807) is 30.3 Å². The first-order valence-electron chi connectivity index (χ1n) is 13.7. The molecule has 2 N–H and O–H groups in total. The van der Waals surface area contributed by atoms with E-state index < -0.39 is 23.4 Å². The van der Waals surface area contributed by atoms with E-state index in [0.29, 0.717) is 11.3 Å². The number of carbonyl (C=O) groups is 3. The molecule has 8 heteroatoms. The molecule has 202 valence electrons. The number of unbranched alkanes of at least 4 members (excludes halogenated alkanes) is 5. The van der Waals surface area contributed by atoms with Gasteiger partial charge in [-0.3, -0.25) is 9.59 Å². The molecule has 0 bridgehead atoms.